The molecule has 162 valence electrons. The standard InChI is InChI=1S/C10H12Cl2N2O.C10H10Cl2N2O/c2*11-8-3-4-9(13-10(8)12)14-5-1-2-7(14)6-15/h3-4,7,15H,1-2,5-6H2;3-4,6-7H,1-2,5H2. The third-order valence-corrected chi connectivity index (χ3v) is 6.59. The first kappa shape index (κ1) is 23.4. The number of nitrogens with zero attached hydrogens (tertiary/aromatic N) is 4. The number of hydrogen-bond donors (Lipinski definition) is 1. The Kier molecular flexibility index (Phi) is 8.43. The maximum Gasteiger partial charge on any atom is 0.150 e. The molecule has 2 aromatic rings. The monoisotopic (exact) mass is 490 g/mol. The summed E-state index contributed by atoms with van der Waals surface area (Å²) in [4.78, 5) is 23.2. The predicted molar refractivity (Wildman–Crippen MR) is 122 cm³/mol. The molecule has 0 spiro atoms. The highest BCUT2D eigenvalue weighted by molar-refractivity contribution is 6.41. The quantitative estimate of drug-likeness (QED) is 0.484. The van der Waals surface area contributed by atoms with Crippen LogP contribution >= 0.6 is 46.4 Å². The van der Waals surface area contributed by atoms with E-state index in [0.29, 0.717) is 15.2 Å². The van der Waals surface area contributed by atoms with Gasteiger partial charge in [0.05, 0.1) is 28.7 Å². The van der Waals surface area contributed by atoms with E-state index in [9.17, 15) is 9.90 Å². The summed E-state index contributed by atoms with van der Waals surface area (Å²) in [6.07, 6.45) is 4.92. The van der Waals surface area contributed by atoms with Crippen molar-refractivity contribution in [2.24, 2.45) is 0 Å². The van der Waals surface area contributed by atoms with Gasteiger partial charge in [-0.05, 0) is 49.9 Å². The average Bonchev–Trinajstić information content (AvgIpc) is 3.41. The van der Waals surface area contributed by atoms with Crippen molar-refractivity contribution < 1.29 is 9.90 Å². The van der Waals surface area contributed by atoms with E-state index in [1.807, 2.05) is 11.0 Å². The lowest BCUT2D eigenvalue weighted by Gasteiger charge is -2.24. The van der Waals surface area contributed by atoms with Crippen molar-refractivity contribution in [2.45, 2.75) is 37.8 Å². The van der Waals surface area contributed by atoms with Crippen LogP contribution in [0.3, 0.4) is 0 Å². The minimum Gasteiger partial charge on any atom is -0.394 e. The number of aromatic nitrogens is 2. The van der Waals surface area contributed by atoms with Crippen LogP contribution in [-0.2, 0) is 4.79 Å². The number of rotatable bonds is 4. The Balaban J connectivity index is 0.000000171. The summed E-state index contributed by atoms with van der Waals surface area (Å²) in [5, 5.41) is 10.7. The molecular formula is C20H22Cl4N4O2. The van der Waals surface area contributed by atoms with Gasteiger partial charge in [-0.3, -0.25) is 0 Å². The summed E-state index contributed by atoms with van der Waals surface area (Å²) in [6.45, 7) is 1.91. The molecule has 6 nitrogen and oxygen atoms in total. The molecule has 1 N–H and O–H groups in total. The Labute approximate surface area is 195 Å². The Morgan fingerprint density at radius 2 is 1.43 bits per heavy atom. The van der Waals surface area contributed by atoms with Crippen molar-refractivity contribution in [3.05, 3.63) is 44.6 Å². The molecule has 0 aliphatic carbocycles. The van der Waals surface area contributed by atoms with E-state index in [2.05, 4.69) is 14.9 Å². The molecule has 2 aliphatic heterocycles. The molecule has 0 amide bonds. The van der Waals surface area contributed by atoms with Gasteiger partial charge in [-0.25, -0.2) is 9.97 Å². The Bertz CT molecular complexity index is 886. The number of halogens is 4. The van der Waals surface area contributed by atoms with Gasteiger partial charge in [-0.15, -0.1) is 0 Å². The Morgan fingerprint density at radius 3 is 1.97 bits per heavy atom. The Morgan fingerprint density at radius 1 is 0.900 bits per heavy atom. The van der Waals surface area contributed by atoms with E-state index in [0.717, 1.165) is 56.7 Å². The van der Waals surface area contributed by atoms with Crippen molar-refractivity contribution in [3.8, 4) is 0 Å². The largest absolute Gasteiger partial charge is 0.394 e. The first-order valence-corrected chi connectivity index (χ1v) is 11.2. The fourth-order valence-electron chi connectivity index (χ4n) is 3.68. The van der Waals surface area contributed by atoms with Gasteiger partial charge in [-0.1, -0.05) is 46.4 Å². The first-order chi connectivity index (χ1) is 14.4. The third kappa shape index (κ3) is 5.48. The average molecular weight is 492 g/mol. The van der Waals surface area contributed by atoms with Crippen molar-refractivity contribution in [1.82, 2.24) is 9.97 Å². The molecule has 0 radical (unpaired) electrons. The van der Waals surface area contributed by atoms with Gasteiger partial charge in [0.2, 0.25) is 0 Å². The highest BCUT2D eigenvalue weighted by Gasteiger charge is 2.26. The van der Waals surface area contributed by atoms with Crippen LogP contribution in [0, 0.1) is 0 Å². The van der Waals surface area contributed by atoms with Crippen LogP contribution in [-0.4, -0.2) is 53.1 Å². The molecule has 0 aromatic carbocycles. The summed E-state index contributed by atoms with van der Waals surface area (Å²) < 4.78 is 0. The highest BCUT2D eigenvalue weighted by Crippen LogP contribution is 2.29. The molecule has 0 bridgehead atoms. The van der Waals surface area contributed by atoms with Crippen LogP contribution in [0.5, 0.6) is 0 Å². The molecule has 2 fully saturated rings. The smallest absolute Gasteiger partial charge is 0.150 e. The molecule has 2 aromatic heterocycles. The molecule has 2 aliphatic rings. The van der Waals surface area contributed by atoms with Crippen molar-refractivity contribution in [1.29, 1.82) is 0 Å². The lowest BCUT2D eigenvalue weighted by Crippen LogP contribution is -2.32. The fraction of sp³-hybridized carbons (Fsp3) is 0.450. The molecule has 30 heavy (non-hydrogen) atoms. The molecule has 0 saturated carbocycles. The first-order valence-electron chi connectivity index (χ1n) is 9.68. The van der Waals surface area contributed by atoms with E-state index in [4.69, 9.17) is 46.4 Å². The zero-order valence-electron chi connectivity index (χ0n) is 16.1. The fourth-order valence-corrected chi connectivity index (χ4v) is 4.19. The van der Waals surface area contributed by atoms with Gasteiger partial charge >= 0.3 is 0 Å². The molecule has 4 heterocycles. The SMILES string of the molecule is O=CC1CCCN1c1ccc(Cl)c(Cl)n1.OCC1CCCN1c1ccc(Cl)c(Cl)n1. The predicted octanol–water partition coefficient (Wildman–Crippen LogP) is 4.91. The van der Waals surface area contributed by atoms with Gasteiger partial charge in [0.25, 0.3) is 0 Å². The number of aliphatic hydroxyl groups is 1. The zero-order valence-corrected chi connectivity index (χ0v) is 19.2. The summed E-state index contributed by atoms with van der Waals surface area (Å²) in [5.41, 5.74) is 0. The van der Waals surface area contributed by atoms with Gasteiger partial charge in [0.1, 0.15) is 28.2 Å². The van der Waals surface area contributed by atoms with Gasteiger partial charge in [-0.2, -0.15) is 0 Å². The minimum atomic E-state index is -0.0743. The van der Waals surface area contributed by atoms with Crippen molar-refractivity contribution >= 4 is 64.3 Å². The lowest BCUT2D eigenvalue weighted by atomic mass is 10.2. The molecule has 4 rings (SSSR count). The molecule has 2 atom stereocenters. The van der Waals surface area contributed by atoms with Crippen LogP contribution in [0.15, 0.2) is 24.3 Å². The highest BCUT2D eigenvalue weighted by atomic mass is 35.5. The second-order valence-corrected chi connectivity index (χ2v) is 8.63. The van der Waals surface area contributed by atoms with Crippen LogP contribution in [0.2, 0.25) is 20.4 Å². The van der Waals surface area contributed by atoms with E-state index >= 15 is 0 Å². The van der Waals surface area contributed by atoms with Gasteiger partial charge in [0.15, 0.2) is 0 Å². The number of carbonyl (C=O) groups excluding carboxylic acids is 1. The van der Waals surface area contributed by atoms with E-state index in [1.165, 1.54) is 0 Å². The topological polar surface area (TPSA) is 69.6 Å². The summed E-state index contributed by atoms with van der Waals surface area (Å²) in [5.74, 6) is 1.51. The number of aliphatic hydroxyl groups excluding tert-OH is 1. The van der Waals surface area contributed by atoms with Crippen LogP contribution in [0.1, 0.15) is 25.7 Å². The number of anilines is 2. The van der Waals surface area contributed by atoms with E-state index in [-0.39, 0.29) is 23.8 Å². The van der Waals surface area contributed by atoms with E-state index < -0.39 is 0 Å². The normalized spacial score (nSPS) is 20.8. The molecule has 2 unspecified atom stereocenters. The second-order valence-electron chi connectivity index (χ2n) is 7.10. The summed E-state index contributed by atoms with van der Waals surface area (Å²) in [7, 11) is 0. The van der Waals surface area contributed by atoms with Gasteiger partial charge < -0.3 is 19.7 Å². The molecule has 2 saturated heterocycles. The summed E-state index contributed by atoms with van der Waals surface area (Å²) >= 11 is 23.2. The number of aldehydes is 1. The third-order valence-electron chi connectivity index (χ3n) is 5.21. The number of pyridine rings is 2. The number of carbonyl (C=O) groups is 1. The van der Waals surface area contributed by atoms with E-state index in [1.54, 1.807) is 18.2 Å². The van der Waals surface area contributed by atoms with Crippen LogP contribution in [0.25, 0.3) is 0 Å². The van der Waals surface area contributed by atoms with Crippen molar-refractivity contribution in [3.63, 3.8) is 0 Å². The van der Waals surface area contributed by atoms with Gasteiger partial charge in [0, 0.05) is 13.1 Å². The maximum atomic E-state index is 10.8. The summed E-state index contributed by atoms with van der Waals surface area (Å²) in [6, 6.07) is 7.15. The van der Waals surface area contributed by atoms with Crippen LogP contribution < -0.4 is 9.80 Å². The van der Waals surface area contributed by atoms with Crippen LogP contribution in [0.4, 0.5) is 11.6 Å². The molecular weight excluding hydrogens is 470 g/mol. The maximum absolute atomic E-state index is 10.8. The van der Waals surface area contributed by atoms with Crippen molar-refractivity contribution in [2.75, 3.05) is 29.5 Å². The Hall–Kier alpha value is -1.31. The molecule has 10 heteroatoms. The second kappa shape index (κ2) is 10.8. The zero-order chi connectivity index (χ0) is 21.7. The lowest BCUT2D eigenvalue weighted by molar-refractivity contribution is -0.108. The number of hydrogen-bond acceptors (Lipinski definition) is 6. The minimum absolute atomic E-state index is 0.0743.